The Morgan fingerprint density at radius 2 is 2.20 bits per heavy atom. The van der Waals surface area contributed by atoms with Gasteiger partial charge >= 0.3 is 0 Å². The van der Waals surface area contributed by atoms with E-state index in [2.05, 4.69) is 6.92 Å². The van der Waals surface area contributed by atoms with E-state index in [1.54, 1.807) is 0 Å². The molecule has 2 N–H and O–H groups in total. The molecule has 0 aliphatic rings. The number of hydrogen-bond acceptors (Lipinski definition) is 2. The number of carbonyl (C=O) groups is 1. The lowest BCUT2D eigenvalue weighted by molar-refractivity contribution is -0.122. The fourth-order valence-corrected chi connectivity index (χ4v) is 0.764. The first-order valence-electron chi connectivity index (χ1n) is 3.59. The fraction of sp³-hybridized carbons (Fsp3) is 0.857. The van der Waals surface area contributed by atoms with E-state index >= 15 is 0 Å². The quantitative estimate of drug-likeness (QED) is 0.612. The molecule has 0 saturated heterocycles. The number of rotatable bonds is 4. The van der Waals surface area contributed by atoms with Gasteiger partial charge in [0.1, 0.15) is 0 Å². The van der Waals surface area contributed by atoms with Crippen LogP contribution in [0.3, 0.4) is 0 Å². The number of carbonyl (C=O) groups excluding carboxylic acids is 1. The number of nitrogens with two attached hydrogens (primary N) is 1. The average molecular weight is 144 g/mol. The number of primary amides is 1. The summed E-state index contributed by atoms with van der Waals surface area (Å²) in [6.07, 6.45) is 1.05. The molecule has 60 valence electrons. The molecule has 1 amide bonds. The lowest BCUT2D eigenvalue weighted by atomic mass is 10.3. The van der Waals surface area contributed by atoms with E-state index in [1.807, 2.05) is 18.9 Å². The second-order valence-electron chi connectivity index (χ2n) is 2.56. The Balaban J connectivity index is 3.69. The summed E-state index contributed by atoms with van der Waals surface area (Å²) in [6.45, 7) is 4.81. The smallest absolute Gasteiger partial charge is 0.234 e. The lowest BCUT2D eigenvalue weighted by Crippen LogP contribution is -2.40. The van der Waals surface area contributed by atoms with E-state index in [9.17, 15) is 4.79 Å². The van der Waals surface area contributed by atoms with Gasteiger partial charge in [-0.1, -0.05) is 6.92 Å². The van der Waals surface area contributed by atoms with Gasteiger partial charge < -0.3 is 5.73 Å². The van der Waals surface area contributed by atoms with Crippen LogP contribution >= 0.6 is 0 Å². The predicted octanol–water partition coefficient (Wildman–Crippen LogP) is 0.202. The number of hydrogen-bond donors (Lipinski definition) is 1. The van der Waals surface area contributed by atoms with Gasteiger partial charge in [-0.05, 0) is 26.9 Å². The van der Waals surface area contributed by atoms with Crippen molar-refractivity contribution in [1.29, 1.82) is 0 Å². The average Bonchev–Trinajstić information content (AvgIpc) is 1.87. The molecule has 3 heteroatoms. The summed E-state index contributed by atoms with van der Waals surface area (Å²) < 4.78 is 0. The first-order valence-corrected chi connectivity index (χ1v) is 3.59. The minimum Gasteiger partial charge on any atom is -0.368 e. The lowest BCUT2D eigenvalue weighted by Gasteiger charge is -2.20. The van der Waals surface area contributed by atoms with Gasteiger partial charge in [0.15, 0.2) is 0 Å². The van der Waals surface area contributed by atoms with Gasteiger partial charge in [-0.3, -0.25) is 9.69 Å². The highest BCUT2D eigenvalue weighted by molar-refractivity contribution is 5.79. The van der Waals surface area contributed by atoms with Crippen molar-refractivity contribution in [2.45, 2.75) is 26.3 Å². The van der Waals surface area contributed by atoms with Crippen LogP contribution in [-0.2, 0) is 4.79 Å². The van der Waals surface area contributed by atoms with Gasteiger partial charge in [-0.25, -0.2) is 0 Å². The Morgan fingerprint density at radius 1 is 1.70 bits per heavy atom. The van der Waals surface area contributed by atoms with Crippen molar-refractivity contribution in [3.05, 3.63) is 0 Å². The predicted molar refractivity (Wildman–Crippen MR) is 41.6 cm³/mol. The molecule has 1 atom stereocenters. The third-order valence-electron chi connectivity index (χ3n) is 1.65. The van der Waals surface area contributed by atoms with Gasteiger partial charge in [0.2, 0.25) is 5.91 Å². The van der Waals surface area contributed by atoms with E-state index in [-0.39, 0.29) is 11.9 Å². The maximum Gasteiger partial charge on any atom is 0.234 e. The van der Waals surface area contributed by atoms with E-state index in [4.69, 9.17) is 5.73 Å². The van der Waals surface area contributed by atoms with E-state index < -0.39 is 0 Å². The van der Waals surface area contributed by atoms with Gasteiger partial charge in [0.05, 0.1) is 6.04 Å². The molecule has 0 aliphatic carbocycles. The van der Waals surface area contributed by atoms with Crippen molar-refractivity contribution in [1.82, 2.24) is 4.90 Å². The topological polar surface area (TPSA) is 46.3 Å². The molecule has 0 aromatic carbocycles. The van der Waals surface area contributed by atoms with E-state index in [0.29, 0.717) is 0 Å². The van der Waals surface area contributed by atoms with Crippen LogP contribution < -0.4 is 5.73 Å². The van der Waals surface area contributed by atoms with Gasteiger partial charge in [-0.2, -0.15) is 0 Å². The minimum atomic E-state index is -0.254. The monoisotopic (exact) mass is 144 g/mol. The van der Waals surface area contributed by atoms with Gasteiger partial charge in [-0.15, -0.1) is 0 Å². The second kappa shape index (κ2) is 4.28. The van der Waals surface area contributed by atoms with Crippen LogP contribution in [0.1, 0.15) is 20.3 Å². The first kappa shape index (κ1) is 9.43. The maximum absolute atomic E-state index is 10.6. The third-order valence-corrected chi connectivity index (χ3v) is 1.65. The van der Waals surface area contributed by atoms with Crippen molar-refractivity contribution < 1.29 is 4.79 Å². The standard InChI is InChI=1S/C7H16N2O/c1-4-5-9(3)6(2)7(8)10/h6H,4-5H2,1-3H3,(H2,8,10)/t6-/m1/s1. The molecule has 0 bridgehead atoms. The summed E-state index contributed by atoms with van der Waals surface area (Å²) in [6, 6.07) is -0.139. The zero-order valence-electron chi connectivity index (χ0n) is 6.92. The minimum absolute atomic E-state index is 0.139. The summed E-state index contributed by atoms with van der Waals surface area (Å²) in [5, 5.41) is 0. The molecular formula is C7H16N2O. The Kier molecular flexibility index (Phi) is 4.03. The van der Waals surface area contributed by atoms with Crippen LogP contribution in [0.15, 0.2) is 0 Å². The number of nitrogens with zero attached hydrogens (tertiary/aromatic N) is 1. The Morgan fingerprint density at radius 3 is 2.50 bits per heavy atom. The van der Waals surface area contributed by atoms with Crippen LogP contribution in [0, 0.1) is 0 Å². The zero-order valence-corrected chi connectivity index (χ0v) is 6.92. The Labute approximate surface area is 62.2 Å². The molecule has 0 fully saturated rings. The molecule has 0 rings (SSSR count). The molecular weight excluding hydrogens is 128 g/mol. The molecule has 0 radical (unpaired) electrons. The summed E-state index contributed by atoms with van der Waals surface area (Å²) in [5.41, 5.74) is 5.09. The van der Waals surface area contributed by atoms with E-state index in [0.717, 1.165) is 13.0 Å². The van der Waals surface area contributed by atoms with Crippen molar-refractivity contribution in [2.24, 2.45) is 5.73 Å². The van der Waals surface area contributed by atoms with Crippen molar-refractivity contribution in [3.8, 4) is 0 Å². The Hall–Kier alpha value is -0.570. The number of likely N-dealkylation sites (N-methyl/N-ethyl adjacent to an activating group) is 1. The second-order valence-corrected chi connectivity index (χ2v) is 2.56. The van der Waals surface area contributed by atoms with Gasteiger partial charge in [0.25, 0.3) is 0 Å². The summed E-state index contributed by atoms with van der Waals surface area (Å²) in [5.74, 6) is -0.254. The van der Waals surface area contributed by atoms with Crippen LogP contribution in [0.2, 0.25) is 0 Å². The first-order chi connectivity index (χ1) is 4.59. The van der Waals surface area contributed by atoms with Crippen LogP contribution in [0.5, 0.6) is 0 Å². The highest BCUT2D eigenvalue weighted by Gasteiger charge is 2.12. The van der Waals surface area contributed by atoms with Crippen LogP contribution in [0.25, 0.3) is 0 Å². The molecule has 0 aromatic heterocycles. The molecule has 0 aliphatic heterocycles. The fourth-order valence-electron chi connectivity index (χ4n) is 0.764. The molecule has 0 aromatic rings. The van der Waals surface area contributed by atoms with Crippen LogP contribution in [-0.4, -0.2) is 30.4 Å². The third kappa shape index (κ3) is 2.82. The summed E-state index contributed by atoms with van der Waals surface area (Å²) >= 11 is 0. The molecule has 0 spiro atoms. The molecule has 0 saturated carbocycles. The summed E-state index contributed by atoms with van der Waals surface area (Å²) in [7, 11) is 1.90. The zero-order chi connectivity index (χ0) is 8.15. The van der Waals surface area contributed by atoms with Crippen LogP contribution in [0.4, 0.5) is 0 Å². The van der Waals surface area contributed by atoms with Crippen molar-refractivity contribution in [2.75, 3.05) is 13.6 Å². The molecule has 0 heterocycles. The Bertz CT molecular complexity index is 114. The molecule has 10 heavy (non-hydrogen) atoms. The molecule has 3 nitrogen and oxygen atoms in total. The largest absolute Gasteiger partial charge is 0.368 e. The van der Waals surface area contributed by atoms with E-state index in [1.165, 1.54) is 0 Å². The SMILES string of the molecule is CCCN(C)[C@H](C)C(N)=O. The maximum atomic E-state index is 10.6. The molecule has 0 unspecified atom stereocenters. The van der Waals surface area contributed by atoms with Crippen molar-refractivity contribution >= 4 is 5.91 Å². The highest BCUT2D eigenvalue weighted by atomic mass is 16.1. The van der Waals surface area contributed by atoms with Crippen molar-refractivity contribution in [3.63, 3.8) is 0 Å². The van der Waals surface area contributed by atoms with Gasteiger partial charge in [0, 0.05) is 0 Å². The normalized spacial score (nSPS) is 13.6. The summed E-state index contributed by atoms with van der Waals surface area (Å²) in [4.78, 5) is 12.5. The highest BCUT2D eigenvalue weighted by Crippen LogP contribution is 1.94. The number of amides is 1.